The molecule has 2 N–H and O–H groups in total. The molecule has 1 atom stereocenters. The van der Waals surface area contributed by atoms with Gasteiger partial charge in [0, 0.05) is 0 Å². The summed E-state index contributed by atoms with van der Waals surface area (Å²) in [7, 11) is 0. The van der Waals surface area contributed by atoms with Crippen molar-refractivity contribution in [3.63, 3.8) is 0 Å². The van der Waals surface area contributed by atoms with E-state index in [4.69, 9.17) is 9.84 Å². The van der Waals surface area contributed by atoms with Crippen LogP contribution in [0.2, 0.25) is 0 Å². The Hall–Kier alpha value is -2.11. The Labute approximate surface area is 104 Å². The molecule has 0 fully saturated rings. The fourth-order valence-electron chi connectivity index (χ4n) is 1.19. The summed E-state index contributed by atoms with van der Waals surface area (Å²) in [6, 6.07) is 4.90. The number of aliphatic carboxylic acids is 1. The molecular weight excluding hydrogens is 241 g/mol. The van der Waals surface area contributed by atoms with Gasteiger partial charge < -0.3 is 15.2 Å². The van der Waals surface area contributed by atoms with E-state index >= 15 is 0 Å². The van der Waals surface area contributed by atoms with Crippen molar-refractivity contribution in [2.45, 2.75) is 19.4 Å². The van der Waals surface area contributed by atoms with E-state index < -0.39 is 23.7 Å². The van der Waals surface area contributed by atoms with Crippen molar-refractivity contribution in [1.29, 1.82) is 0 Å². The number of nitrogens with one attached hydrogen (secondary N) is 1. The molecule has 0 radical (unpaired) electrons. The smallest absolute Gasteiger partial charge is 0.325 e. The van der Waals surface area contributed by atoms with E-state index in [1.54, 1.807) is 6.07 Å². The van der Waals surface area contributed by atoms with Gasteiger partial charge in [-0.15, -0.1) is 0 Å². The SMILES string of the molecule is C[C@@H](NC(=O)CCOc1ccccc1F)C(=O)O. The van der Waals surface area contributed by atoms with Gasteiger partial charge in [-0.1, -0.05) is 12.1 Å². The highest BCUT2D eigenvalue weighted by Crippen LogP contribution is 2.15. The number of para-hydroxylation sites is 1. The molecule has 0 bridgehead atoms. The Morgan fingerprint density at radius 3 is 2.72 bits per heavy atom. The Morgan fingerprint density at radius 2 is 2.11 bits per heavy atom. The number of carboxylic acids is 1. The van der Waals surface area contributed by atoms with Gasteiger partial charge in [0.15, 0.2) is 11.6 Å². The van der Waals surface area contributed by atoms with Crippen LogP contribution in [0.3, 0.4) is 0 Å². The van der Waals surface area contributed by atoms with Crippen LogP contribution in [0.4, 0.5) is 4.39 Å². The van der Waals surface area contributed by atoms with E-state index in [1.165, 1.54) is 25.1 Å². The van der Waals surface area contributed by atoms with Crippen LogP contribution in [0.1, 0.15) is 13.3 Å². The first-order valence-electron chi connectivity index (χ1n) is 5.40. The molecule has 1 amide bonds. The molecule has 0 aliphatic rings. The Kier molecular flexibility index (Phi) is 5.10. The van der Waals surface area contributed by atoms with Gasteiger partial charge in [-0.2, -0.15) is 0 Å². The zero-order chi connectivity index (χ0) is 13.5. The summed E-state index contributed by atoms with van der Waals surface area (Å²) in [5.74, 6) is -2.01. The predicted octanol–water partition coefficient (Wildman–Crippen LogP) is 1.18. The van der Waals surface area contributed by atoms with Crippen molar-refractivity contribution >= 4 is 11.9 Å². The quantitative estimate of drug-likeness (QED) is 0.800. The topological polar surface area (TPSA) is 75.6 Å². The van der Waals surface area contributed by atoms with Crippen LogP contribution >= 0.6 is 0 Å². The Morgan fingerprint density at radius 1 is 1.44 bits per heavy atom. The highest BCUT2D eigenvalue weighted by atomic mass is 19.1. The molecule has 98 valence electrons. The lowest BCUT2D eigenvalue weighted by Crippen LogP contribution is -2.38. The Bertz CT molecular complexity index is 436. The van der Waals surface area contributed by atoms with Gasteiger partial charge in [0.05, 0.1) is 13.0 Å². The molecule has 0 aliphatic carbocycles. The van der Waals surface area contributed by atoms with Gasteiger partial charge in [-0.05, 0) is 19.1 Å². The average Bonchev–Trinajstić information content (AvgIpc) is 2.31. The zero-order valence-corrected chi connectivity index (χ0v) is 9.85. The third-order valence-electron chi connectivity index (χ3n) is 2.17. The molecule has 1 aromatic carbocycles. The molecule has 18 heavy (non-hydrogen) atoms. The maximum absolute atomic E-state index is 13.1. The average molecular weight is 255 g/mol. The Balaban J connectivity index is 2.32. The summed E-state index contributed by atoms with van der Waals surface area (Å²) in [4.78, 5) is 21.8. The maximum Gasteiger partial charge on any atom is 0.325 e. The number of hydrogen-bond acceptors (Lipinski definition) is 3. The number of carbonyl (C=O) groups excluding carboxylic acids is 1. The van der Waals surface area contributed by atoms with Crippen molar-refractivity contribution in [3.05, 3.63) is 30.1 Å². The monoisotopic (exact) mass is 255 g/mol. The first kappa shape index (κ1) is 14.0. The summed E-state index contributed by atoms with van der Waals surface area (Å²) >= 11 is 0. The van der Waals surface area contributed by atoms with Crippen molar-refractivity contribution in [3.8, 4) is 5.75 Å². The molecule has 0 aromatic heterocycles. The third-order valence-corrected chi connectivity index (χ3v) is 2.17. The fourth-order valence-corrected chi connectivity index (χ4v) is 1.19. The van der Waals surface area contributed by atoms with Gasteiger partial charge in [0.1, 0.15) is 6.04 Å². The molecule has 1 rings (SSSR count). The van der Waals surface area contributed by atoms with Crippen LogP contribution in [-0.4, -0.2) is 29.6 Å². The molecule has 5 nitrogen and oxygen atoms in total. The molecule has 0 unspecified atom stereocenters. The van der Waals surface area contributed by atoms with Crippen molar-refractivity contribution in [1.82, 2.24) is 5.32 Å². The minimum atomic E-state index is -1.11. The maximum atomic E-state index is 13.1. The minimum Gasteiger partial charge on any atom is -0.490 e. The van der Waals surface area contributed by atoms with E-state index in [-0.39, 0.29) is 18.8 Å². The lowest BCUT2D eigenvalue weighted by Gasteiger charge is -2.10. The standard InChI is InChI=1S/C12H14FNO4/c1-8(12(16)17)14-11(15)6-7-18-10-5-3-2-4-9(10)13/h2-5,8H,6-7H2,1H3,(H,14,15)(H,16,17)/t8-/m1/s1. The molecule has 6 heteroatoms. The number of benzene rings is 1. The summed E-state index contributed by atoms with van der Waals surface area (Å²) in [5, 5.41) is 10.8. The number of rotatable bonds is 6. The van der Waals surface area contributed by atoms with Crippen molar-refractivity contribution < 1.29 is 23.8 Å². The highest BCUT2D eigenvalue weighted by Gasteiger charge is 2.13. The largest absolute Gasteiger partial charge is 0.490 e. The second-order valence-corrected chi connectivity index (χ2v) is 3.66. The molecule has 0 saturated heterocycles. The van der Waals surface area contributed by atoms with Gasteiger partial charge in [-0.3, -0.25) is 9.59 Å². The third kappa shape index (κ3) is 4.40. The van der Waals surface area contributed by atoms with Gasteiger partial charge >= 0.3 is 5.97 Å². The summed E-state index contributed by atoms with van der Waals surface area (Å²) in [6.07, 6.45) is -0.0358. The molecule has 0 heterocycles. The lowest BCUT2D eigenvalue weighted by molar-refractivity contribution is -0.141. The number of halogens is 1. The molecule has 0 aliphatic heterocycles. The van der Waals surface area contributed by atoms with Crippen molar-refractivity contribution in [2.24, 2.45) is 0 Å². The van der Waals surface area contributed by atoms with Crippen LogP contribution in [0.15, 0.2) is 24.3 Å². The van der Waals surface area contributed by atoms with E-state index in [0.717, 1.165) is 0 Å². The number of amides is 1. The number of carbonyl (C=O) groups is 2. The van der Waals surface area contributed by atoms with E-state index in [9.17, 15) is 14.0 Å². The lowest BCUT2D eigenvalue weighted by atomic mass is 10.3. The first-order chi connectivity index (χ1) is 8.50. The summed E-state index contributed by atoms with van der Waals surface area (Å²) in [6.45, 7) is 1.34. The van der Waals surface area contributed by atoms with Gasteiger partial charge in [0.25, 0.3) is 0 Å². The van der Waals surface area contributed by atoms with Crippen LogP contribution in [0.5, 0.6) is 5.75 Å². The van der Waals surface area contributed by atoms with E-state index in [2.05, 4.69) is 5.32 Å². The number of hydrogen-bond donors (Lipinski definition) is 2. The summed E-state index contributed by atoms with van der Waals surface area (Å²) in [5.41, 5.74) is 0. The second-order valence-electron chi connectivity index (χ2n) is 3.66. The molecular formula is C12H14FNO4. The molecule has 0 spiro atoms. The summed E-state index contributed by atoms with van der Waals surface area (Å²) < 4.78 is 18.2. The predicted molar refractivity (Wildman–Crippen MR) is 61.8 cm³/mol. The molecule has 0 saturated carbocycles. The zero-order valence-electron chi connectivity index (χ0n) is 9.85. The highest BCUT2D eigenvalue weighted by molar-refractivity contribution is 5.83. The van der Waals surface area contributed by atoms with Crippen LogP contribution in [0.25, 0.3) is 0 Å². The van der Waals surface area contributed by atoms with Gasteiger partial charge in [0.2, 0.25) is 5.91 Å². The first-order valence-corrected chi connectivity index (χ1v) is 5.40. The van der Waals surface area contributed by atoms with Crippen LogP contribution in [-0.2, 0) is 9.59 Å². The van der Waals surface area contributed by atoms with E-state index in [1.807, 2.05) is 0 Å². The second kappa shape index (κ2) is 6.58. The number of carboxylic acid groups (broad SMARTS) is 1. The number of ether oxygens (including phenoxy) is 1. The van der Waals surface area contributed by atoms with Gasteiger partial charge in [-0.25, -0.2) is 4.39 Å². The fraction of sp³-hybridized carbons (Fsp3) is 0.333. The normalized spacial score (nSPS) is 11.7. The van der Waals surface area contributed by atoms with Crippen LogP contribution < -0.4 is 10.1 Å². The minimum absolute atomic E-state index is 0.0148. The van der Waals surface area contributed by atoms with Crippen LogP contribution in [0, 0.1) is 5.82 Å². The molecule has 1 aromatic rings. The van der Waals surface area contributed by atoms with E-state index in [0.29, 0.717) is 0 Å². The van der Waals surface area contributed by atoms with Crippen molar-refractivity contribution in [2.75, 3.05) is 6.61 Å².